The molecule has 0 radical (unpaired) electrons. The predicted molar refractivity (Wildman–Crippen MR) is 66.3 cm³/mol. The van der Waals surface area contributed by atoms with Gasteiger partial charge in [0.25, 0.3) is 5.56 Å². The molecule has 1 heterocycles. The highest BCUT2D eigenvalue weighted by molar-refractivity contribution is 6.41. The first kappa shape index (κ1) is 13.5. The summed E-state index contributed by atoms with van der Waals surface area (Å²) in [7, 11) is 0. The van der Waals surface area contributed by atoms with Crippen LogP contribution in [-0.4, -0.2) is 34.3 Å². The van der Waals surface area contributed by atoms with Crippen molar-refractivity contribution in [3.05, 3.63) is 26.6 Å². The lowest BCUT2D eigenvalue weighted by Gasteiger charge is -2.17. The van der Waals surface area contributed by atoms with Crippen molar-refractivity contribution in [3.63, 3.8) is 0 Å². The van der Waals surface area contributed by atoms with Gasteiger partial charge in [0.05, 0.1) is 17.8 Å². The SMILES string of the molecule is CCN(CC)CCn1ncc(Cl)c(Cl)c1=O. The van der Waals surface area contributed by atoms with Gasteiger partial charge in [-0.15, -0.1) is 0 Å². The minimum absolute atomic E-state index is 0.0382. The summed E-state index contributed by atoms with van der Waals surface area (Å²) in [5.74, 6) is 0. The summed E-state index contributed by atoms with van der Waals surface area (Å²) in [6.45, 7) is 7.36. The van der Waals surface area contributed by atoms with Gasteiger partial charge in [0, 0.05) is 6.54 Å². The van der Waals surface area contributed by atoms with E-state index in [0.29, 0.717) is 6.54 Å². The molecule has 1 rings (SSSR count). The maximum atomic E-state index is 11.6. The van der Waals surface area contributed by atoms with Gasteiger partial charge >= 0.3 is 0 Å². The van der Waals surface area contributed by atoms with Gasteiger partial charge in [-0.1, -0.05) is 37.0 Å². The summed E-state index contributed by atoms with van der Waals surface area (Å²) < 4.78 is 1.34. The second-order valence-corrected chi connectivity index (χ2v) is 4.15. The summed E-state index contributed by atoms with van der Waals surface area (Å²) in [6.07, 6.45) is 1.40. The topological polar surface area (TPSA) is 38.1 Å². The summed E-state index contributed by atoms with van der Waals surface area (Å²) >= 11 is 11.4. The number of hydrogen-bond acceptors (Lipinski definition) is 3. The van der Waals surface area contributed by atoms with Crippen LogP contribution in [0.4, 0.5) is 0 Å². The van der Waals surface area contributed by atoms with Crippen LogP contribution < -0.4 is 5.56 Å². The zero-order valence-electron chi connectivity index (χ0n) is 9.41. The number of hydrogen-bond donors (Lipinski definition) is 0. The van der Waals surface area contributed by atoms with Crippen molar-refractivity contribution in [1.82, 2.24) is 14.7 Å². The third kappa shape index (κ3) is 3.20. The molecule has 90 valence electrons. The zero-order chi connectivity index (χ0) is 12.1. The van der Waals surface area contributed by atoms with Crippen molar-refractivity contribution < 1.29 is 0 Å². The number of halogens is 2. The fourth-order valence-electron chi connectivity index (χ4n) is 1.38. The van der Waals surface area contributed by atoms with Crippen LogP contribution in [0.2, 0.25) is 10.0 Å². The Hall–Kier alpha value is -0.580. The molecule has 1 aromatic heterocycles. The van der Waals surface area contributed by atoms with E-state index in [9.17, 15) is 4.79 Å². The van der Waals surface area contributed by atoms with Gasteiger partial charge in [-0.05, 0) is 13.1 Å². The first-order chi connectivity index (χ1) is 7.60. The third-order valence-corrected chi connectivity index (χ3v) is 3.21. The molecule has 0 amide bonds. The normalized spacial score (nSPS) is 11.1. The fourth-order valence-corrected chi connectivity index (χ4v) is 1.65. The Morgan fingerprint density at radius 2 is 2.00 bits per heavy atom. The Balaban J connectivity index is 2.75. The van der Waals surface area contributed by atoms with E-state index >= 15 is 0 Å². The molecule has 0 unspecified atom stereocenters. The van der Waals surface area contributed by atoms with Crippen LogP contribution in [0.3, 0.4) is 0 Å². The van der Waals surface area contributed by atoms with Crippen LogP contribution in [0.25, 0.3) is 0 Å². The minimum atomic E-state index is -0.332. The monoisotopic (exact) mass is 263 g/mol. The molecule has 0 saturated carbocycles. The second-order valence-electron chi connectivity index (χ2n) is 3.36. The van der Waals surface area contributed by atoms with E-state index in [-0.39, 0.29) is 15.6 Å². The third-order valence-electron chi connectivity index (χ3n) is 2.46. The molecule has 0 atom stereocenters. The van der Waals surface area contributed by atoms with Crippen molar-refractivity contribution >= 4 is 23.2 Å². The predicted octanol–water partition coefficient (Wildman–Crippen LogP) is 1.89. The van der Waals surface area contributed by atoms with Crippen LogP contribution in [0, 0.1) is 0 Å². The molecule has 0 fully saturated rings. The minimum Gasteiger partial charge on any atom is -0.302 e. The average Bonchev–Trinajstić information content (AvgIpc) is 2.30. The maximum Gasteiger partial charge on any atom is 0.287 e. The molecule has 1 aromatic rings. The molecule has 0 saturated heterocycles. The number of nitrogens with zero attached hydrogens (tertiary/aromatic N) is 3. The van der Waals surface area contributed by atoms with Gasteiger partial charge in [-0.25, -0.2) is 4.68 Å². The Morgan fingerprint density at radius 1 is 1.38 bits per heavy atom. The van der Waals surface area contributed by atoms with E-state index < -0.39 is 0 Å². The number of aromatic nitrogens is 2. The Kier molecular flexibility index (Phi) is 5.25. The van der Waals surface area contributed by atoms with Gasteiger partial charge in [0.1, 0.15) is 5.02 Å². The van der Waals surface area contributed by atoms with E-state index in [1.54, 1.807) is 0 Å². The average molecular weight is 264 g/mol. The Bertz CT molecular complexity index is 402. The number of likely N-dealkylation sites (N-methyl/N-ethyl adjacent to an activating group) is 1. The van der Waals surface area contributed by atoms with Gasteiger partial charge in [0.2, 0.25) is 0 Å². The Labute approximate surface area is 105 Å². The summed E-state index contributed by atoms with van der Waals surface area (Å²) in [6, 6.07) is 0. The molecule has 0 bridgehead atoms. The zero-order valence-corrected chi connectivity index (χ0v) is 10.9. The standard InChI is InChI=1S/C10H15Cl2N3O/c1-3-14(4-2)5-6-15-10(16)9(12)8(11)7-13-15/h7H,3-6H2,1-2H3. The highest BCUT2D eigenvalue weighted by Crippen LogP contribution is 2.14. The molecule has 6 heteroatoms. The van der Waals surface area contributed by atoms with Crippen LogP contribution in [-0.2, 0) is 6.54 Å². The molecule has 0 aliphatic carbocycles. The van der Waals surface area contributed by atoms with Crippen molar-refractivity contribution in [2.75, 3.05) is 19.6 Å². The van der Waals surface area contributed by atoms with E-state index in [1.807, 2.05) is 0 Å². The first-order valence-electron chi connectivity index (χ1n) is 5.23. The molecule has 4 nitrogen and oxygen atoms in total. The largest absolute Gasteiger partial charge is 0.302 e. The second kappa shape index (κ2) is 6.23. The summed E-state index contributed by atoms with van der Waals surface area (Å²) in [5, 5.41) is 4.18. The lowest BCUT2D eigenvalue weighted by Crippen LogP contribution is -2.32. The molecule has 16 heavy (non-hydrogen) atoms. The molecule has 0 aliphatic rings. The highest BCUT2D eigenvalue weighted by Gasteiger charge is 2.08. The van der Waals surface area contributed by atoms with Crippen molar-refractivity contribution in [1.29, 1.82) is 0 Å². The molecular formula is C10H15Cl2N3O. The summed E-state index contributed by atoms with van der Waals surface area (Å²) in [4.78, 5) is 13.8. The number of rotatable bonds is 5. The van der Waals surface area contributed by atoms with Gasteiger partial charge in [0.15, 0.2) is 0 Å². The lowest BCUT2D eigenvalue weighted by atomic mass is 10.4. The van der Waals surface area contributed by atoms with E-state index in [4.69, 9.17) is 23.2 Å². The maximum absolute atomic E-state index is 11.6. The molecule has 0 N–H and O–H groups in total. The summed E-state index contributed by atoms with van der Waals surface area (Å²) in [5.41, 5.74) is -0.332. The Morgan fingerprint density at radius 3 is 2.56 bits per heavy atom. The van der Waals surface area contributed by atoms with Gasteiger partial charge < -0.3 is 4.90 Å². The molecular weight excluding hydrogens is 249 g/mol. The van der Waals surface area contributed by atoms with Crippen LogP contribution in [0.15, 0.2) is 11.0 Å². The van der Waals surface area contributed by atoms with E-state index in [2.05, 4.69) is 23.8 Å². The molecule has 0 aliphatic heterocycles. The van der Waals surface area contributed by atoms with Crippen LogP contribution in [0.5, 0.6) is 0 Å². The van der Waals surface area contributed by atoms with Crippen LogP contribution in [0.1, 0.15) is 13.8 Å². The lowest BCUT2D eigenvalue weighted by molar-refractivity contribution is 0.282. The molecule has 0 aromatic carbocycles. The van der Waals surface area contributed by atoms with Gasteiger partial charge in [-0.2, -0.15) is 5.10 Å². The van der Waals surface area contributed by atoms with Crippen molar-refractivity contribution in [3.8, 4) is 0 Å². The smallest absolute Gasteiger partial charge is 0.287 e. The van der Waals surface area contributed by atoms with Gasteiger partial charge in [-0.3, -0.25) is 4.79 Å². The van der Waals surface area contributed by atoms with Crippen LogP contribution >= 0.6 is 23.2 Å². The first-order valence-corrected chi connectivity index (χ1v) is 5.99. The van der Waals surface area contributed by atoms with Crippen molar-refractivity contribution in [2.45, 2.75) is 20.4 Å². The van der Waals surface area contributed by atoms with E-state index in [0.717, 1.165) is 19.6 Å². The quantitative estimate of drug-likeness (QED) is 0.815. The fraction of sp³-hybridized carbons (Fsp3) is 0.600. The van der Waals surface area contributed by atoms with Crippen molar-refractivity contribution in [2.24, 2.45) is 0 Å². The highest BCUT2D eigenvalue weighted by atomic mass is 35.5. The molecule has 0 spiro atoms. The van der Waals surface area contributed by atoms with E-state index in [1.165, 1.54) is 10.9 Å².